The molecule has 5 nitrogen and oxygen atoms in total. The molecule has 1 aromatic heterocycles. The van der Waals surface area contributed by atoms with Crippen molar-refractivity contribution in [2.75, 3.05) is 5.75 Å². The lowest BCUT2D eigenvalue weighted by atomic mass is 10.3. The van der Waals surface area contributed by atoms with E-state index >= 15 is 0 Å². The highest BCUT2D eigenvalue weighted by atomic mass is 32.2. The highest BCUT2D eigenvalue weighted by Crippen LogP contribution is 2.33. The Bertz CT molecular complexity index is 586. The van der Waals surface area contributed by atoms with Crippen LogP contribution in [0.15, 0.2) is 17.2 Å². The van der Waals surface area contributed by atoms with Gasteiger partial charge >= 0.3 is 5.69 Å². The molecule has 0 aliphatic heterocycles. The highest BCUT2D eigenvalue weighted by Gasteiger charge is 2.29. The van der Waals surface area contributed by atoms with Gasteiger partial charge in [0.2, 0.25) is 0 Å². The van der Waals surface area contributed by atoms with Gasteiger partial charge in [-0.1, -0.05) is 0 Å². The smallest absolute Gasteiger partial charge is 0.298 e. The normalized spacial score (nSPS) is 17.1. The summed E-state index contributed by atoms with van der Waals surface area (Å²) in [5, 5.41) is 0. The van der Waals surface area contributed by atoms with Crippen LogP contribution < -0.4 is 5.69 Å². The van der Waals surface area contributed by atoms with Crippen LogP contribution in [0.1, 0.15) is 39.7 Å². The lowest BCUT2D eigenvalue weighted by Gasteiger charge is -2.18. The van der Waals surface area contributed by atoms with Crippen molar-refractivity contribution < 1.29 is 8.42 Å². The van der Waals surface area contributed by atoms with Crippen LogP contribution in [0.5, 0.6) is 0 Å². The summed E-state index contributed by atoms with van der Waals surface area (Å²) < 4.78 is 26.4. The Labute approximate surface area is 107 Å². The summed E-state index contributed by atoms with van der Waals surface area (Å²) in [4.78, 5) is 11.9. The second-order valence-corrected chi connectivity index (χ2v) is 8.71. The molecule has 18 heavy (non-hydrogen) atoms. The summed E-state index contributed by atoms with van der Waals surface area (Å²) in [7, 11) is -3.18. The molecule has 1 heterocycles. The standard InChI is InChI=1S/C12H20N2O3S/c1-12(2,3)18(16,17)9-8-13-6-7-14(11(13)15)10-4-5-10/h6-7,10H,4-5,8-9H2,1-3H3. The molecule has 0 spiro atoms. The van der Waals surface area contributed by atoms with Crippen molar-refractivity contribution in [3.05, 3.63) is 22.9 Å². The van der Waals surface area contributed by atoms with Crippen LogP contribution in [0.4, 0.5) is 0 Å². The SMILES string of the molecule is CC(C)(C)S(=O)(=O)CCn1ccn(C2CC2)c1=O. The minimum atomic E-state index is -3.18. The van der Waals surface area contributed by atoms with Gasteiger partial charge in [-0.05, 0) is 33.6 Å². The van der Waals surface area contributed by atoms with E-state index in [1.807, 2.05) is 0 Å². The molecule has 0 bridgehead atoms. The fourth-order valence-electron chi connectivity index (χ4n) is 1.75. The van der Waals surface area contributed by atoms with Crippen molar-refractivity contribution in [2.24, 2.45) is 0 Å². The van der Waals surface area contributed by atoms with E-state index in [1.165, 1.54) is 4.57 Å². The monoisotopic (exact) mass is 272 g/mol. The maximum absolute atomic E-state index is 12.0. The molecule has 0 saturated heterocycles. The lowest BCUT2D eigenvalue weighted by molar-refractivity contribution is 0.551. The molecule has 6 heteroatoms. The predicted octanol–water partition coefficient (Wildman–Crippen LogP) is 1.20. The van der Waals surface area contributed by atoms with Crippen LogP contribution in [0, 0.1) is 0 Å². The molecular formula is C12H20N2O3S. The first-order valence-corrected chi connectivity index (χ1v) is 7.87. The number of hydrogen-bond donors (Lipinski definition) is 0. The average molecular weight is 272 g/mol. The third-order valence-corrected chi connectivity index (χ3v) is 5.93. The zero-order valence-electron chi connectivity index (χ0n) is 11.1. The quantitative estimate of drug-likeness (QED) is 0.827. The Hall–Kier alpha value is -1.04. The molecule has 1 saturated carbocycles. The van der Waals surface area contributed by atoms with Gasteiger partial charge in [-0.3, -0.25) is 9.13 Å². The summed E-state index contributed by atoms with van der Waals surface area (Å²) in [5.74, 6) is 0.00505. The summed E-state index contributed by atoms with van der Waals surface area (Å²) in [6.45, 7) is 5.28. The second kappa shape index (κ2) is 4.26. The van der Waals surface area contributed by atoms with Gasteiger partial charge in [-0.25, -0.2) is 13.2 Å². The van der Waals surface area contributed by atoms with E-state index in [-0.39, 0.29) is 18.0 Å². The maximum Gasteiger partial charge on any atom is 0.328 e. The van der Waals surface area contributed by atoms with Gasteiger partial charge in [0.15, 0.2) is 9.84 Å². The highest BCUT2D eigenvalue weighted by molar-refractivity contribution is 7.92. The van der Waals surface area contributed by atoms with E-state index in [2.05, 4.69) is 0 Å². The zero-order valence-corrected chi connectivity index (χ0v) is 11.9. The molecule has 1 fully saturated rings. The molecule has 102 valence electrons. The molecule has 1 aliphatic rings. The van der Waals surface area contributed by atoms with Crippen LogP contribution in [0.25, 0.3) is 0 Å². The fourth-order valence-corrected chi connectivity index (χ4v) is 2.80. The maximum atomic E-state index is 12.0. The molecule has 0 unspecified atom stereocenters. The number of hydrogen-bond acceptors (Lipinski definition) is 3. The van der Waals surface area contributed by atoms with Crippen LogP contribution in [-0.2, 0) is 16.4 Å². The van der Waals surface area contributed by atoms with Gasteiger partial charge in [-0.15, -0.1) is 0 Å². The molecule has 0 amide bonds. The van der Waals surface area contributed by atoms with Crippen molar-refractivity contribution in [1.82, 2.24) is 9.13 Å². The Morgan fingerprint density at radius 3 is 2.39 bits per heavy atom. The van der Waals surface area contributed by atoms with E-state index in [0.717, 1.165) is 12.8 Å². The van der Waals surface area contributed by atoms with Crippen LogP contribution in [-0.4, -0.2) is 28.1 Å². The van der Waals surface area contributed by atoms with E-state index in [1.54, 1.807) is 37.7 Å². The molecule has 2 rings (SSSR count). The van der Waals surface area contributed by atoms with E-state index in [4.69, 9.17) is 0 Å². The Kier molecular flexibility index (Phi) is 3.17. The molecule has 1 aliphatic carbocycles. The van der Waals surface area contributed by atoms with Crippen molar-refractivity contribution in [1.29, 1.82) is 0 Å². The number of rotatable bonds is 4. The van der Waals surface area contributed by atoms with Crippen molar-refractivity contribution in [3.63, 3.8) is 0 Å². The summed E-state index contributed by atoms with van der Waals surface area (Å²) in [6.07, 6.45) is 5.52. The first-order chi connectivity index (χ1) is 8.22. The lowest BCUT2D eigenvalue weighted by Crippen LogP contribution is -2.34. The van der Waals surface area contributed by atoms with E-state index in [9.17, 15) is 13.2 Å². The summed E-state index contributed by atoms with van der Waals surface area (Å²) in [6, 6.07) is 0.331. The zero-order chi connectivity index (χ0) is 13.6. The number of nitrogens with zero attached hydrogens (tertiary/aromatic N) is 2. The molecule has 1 aromatic rings. The number of imidazole rings is 1. The van der Waals surface area contributed by atoms with Gasteiger partial charge in [0.05, 0.1) is 10.5 Å². The first-order valence-electron chi connectivity index (χ1n) is 6.22. The minimum absolute atomic E-state index is 0.00505. The Balaban J connectivity index is 2.10. The minimum Gasteiger partial charge on any atom is -0.298 e. The fraction of sp³-hybridized carbons (Fsp3) is 0.750. The molecule has 0 atom stereocenters. The van der Waals surface area contributed by atoms with E-state index < -0.39 is 14.6 Å². The van der Waals surface area contributed by atoms with Crippen molar-refractivity contribution in [3.8, 4) is 0 Å². The van der Waals surface area contributed by atoms with E-state index in [0.29, 0.717) is 6.04 Å². The summed E-state index contributed by atoms with van der Waals surface area (Å²) >= 11 is 0. The third kappa shape index (κ3) is 2.53. The summed E-state index contributed by atoms with van der Waals surface area (Å²) in [5.41, 5.74) is -0.0957. The average Bonchev–Trinajstić information content (AvgIpc) is 3.00. The Morgan fingerprint density at radius 2 is 1.89 bits per heavy atom. The van der Waals surface area contributed by atoms with Gasteiger partial charge in [0.25, 0.3) is 0 Å². The number of aryl methyl sites for hydroxylation is 1. The van der Waals surface area contributed by atoms with Crippen LogP contribution >= 0.6 is 0 Å². The first kappa shape index (κ1) is 13.4. The van der Waals surface area contributed by atoms with Crippen molar-refractivity contribution in [2.45, 2.75) is 50.9 Å². The van der Waals surface area contributed by atoms with Crippen molar-refractivity contribution >= 4 is 9.84 Å². The molecular weight excluding hydrogens is 252 g/mol. The molecule has 0 N–H and O–H groups in total. The van der Waals surface area contributed by atoms with Gasteiger partial charge < -0.3 is 0 Å². The van der Waals surface area contributed by atoms with Gasteiger partial charge in [0, 0.05) is 25.0 Å². The molecule has 0 radical (unpaired) electrons. The largest absolute Gasteiger partial charge is 0.328 e. The number of aromatic nitrogens is 2. The molecule has 0 aromatic carbocycles. The third-order valence-electron chi connectivity index (χ3n) is 3.35. The van der Waals surface area contributed by atoms with Crippen LogP contribution in [0.3, 0.4) is 0 Å². The van der Waals surface area contributed by atoms with Gasteiger partial charge in [0.1, 0.15) is 0 Å². The number of sulfone groups is 1. The van der Waals surface area contributed by atoms with Crippen LogP contribution in [0.2, 0.25) is 0 Å². The van der Waals surface area contributed by atoms with Gasteiger partial charge in [-0.2, -0.15) is 0 Å². The Morgan fingerprint density at radius 1 is 1.28 bits per heavy atom. The predicted molar refractivity (Wildman–Crippen MR) is 70.5 cm³/mol. The second-order valence-electron chi connectivity index (χ2n) is 5.84. The topological polar surface area (TPSA) is 61.1 Å².